The van der Waals surface area contributed by atoms with E-state index in [4.69, 9.17) is 10.5 Å². The maximum atomic E-state index is 13.7. The van der Waals surface area contributed by atoms with Crippen molar-refractivity contribution in [1.82, 2.24) is 9.97 Å². The van der Waals surface area contributed by atoms with Crippen molar-refractivity contribution in [1.29, 1.82) is 0 Å². The smallest absolute Gasteiger partial charge is 0.253 e. The van der Waals surface area contributed by atoms with Gasteiger partial charge in [-0.05, 0) is 57.2 Å². The van der Waals surface area contributed by atoms with Gasteiger partial charge in [0.1, 0.15) is 17.2 Å². The summed E-state index contributed by atoms with van der Waals surface area (Å²) in [6, 6.07) is 6.26. The number of sulfone groups is 1. The van der Waals surface area contributed by atoms with Gasteiger partial charge < -0.3 is 20.3 Å². The van der Waals surface area contributed by atoms with E-state index in [2.05, 4.69) is 35.6 Å². The average Bonchev–Trinajstić information content (AvgIpc) is 3.10. The lowest BCUT2D eigenvalue weighted by Gasteiger charge is -2.34. The molecular weight excluding hydrogens is 454 g/mol. The third-order valence-corrected chi connectivity index (χ3v) is 8.54. The quantitative estimate of drug-likeness (QED) is 0.661. The lowest BCUT2D eigenvalue weighted by molar-refractivity contribution is 0.0818. The van der Waals surface area contributed by atoms with Gasteiger partial charge in [0.15, 0.2) is 5.03 Å². The van der Waals surface area contributed by atoms with E-state index >= 15 is 0 Å². The minimum atomic E-state index is -4.12. The first-order chi connectivity index (χ1) is 16.0. The molecule has 0 spiro atoms. The first-order valence-electron chi connectivity index (χ1n) is 11.6. The second-order valence-corrected chi connectivity index (χ2v) is 11.7. The Kier molecular flexibility index (Phi) is 6.56. The van der Waals surface area contributed by atoms with Crippen LogP contribution in [0.2, 0.25) is 0 Å². The number of pyridine rings is 2. The van der Waals surface area contributed by atoms with E-state index in [9.17, 15) is 13.2 Å². The summed E-state index contributed by atoms with van der Waals surface area (Å²) in [7, 11) is -2.42. The Hall–Kier alpha value is -2.72. The summed E-state index contributed by atoms with van der Waals surface area (Å²) in [5.41, 5.74) is 5.37. The second kappa shape index (κ2) is 9.14. The van der Waals surface area contributed by atoms with E-state index in [0.29, 0.717) is 24.1 Å². The van der Waals surface area contributed by atoms with Crippen molar-refractivity contribution in [3.05, 3.63) is 36.0 Å². The number of aromatic nitrogens is 2. The Morgan fingerprint density at radius 1 is 1.21 bits per heavy atom. The van der Waals surface area contributed by atoms with E-state index in [1.54, 1.807) is 19.2 Å². The highest BCUT2D eigenvalue weighted by Crippen LogP contribution is 2.39. The minimum Gasteiger partial charge on any atom is -0.381 e. The molecule has 0 radical (unpaired) electrons. The van der Waals surface area contributed by atoms with Crippen LogP contribution >= 0.6 is 0 Å². The van der Waals surface area contributed by atoms with Crippen molar-refractivity contribution in [3.63, 3.8) is 0 Å². The molecule has 4 rings (SSSR count). The molecule has 2 fully saturated rings. The highest BCUT2D eigenvalue weighted by Gasteiger charge is 2.40. The number of nitrogens with zero attached hydrogens (tertiary/aromatic N) is 4. The van der Waals surface area contributed by atoms with Crippen LogP contribution in [-0.4, -0.2) is 62.7 Å². The zero-order valence-electron chi connectivity index (χ0n) is 20.2. The fraction of sp³-hybridized carbons (Fsp3) is 0.542. The van der Waals surface area contributed by atoms with E-state index < -0.39 is 15.7 Å². The Labute approximate surface area is 201 Å². The fourth-order valence-corrected chi connectivity index (χ4v) is 6.61. The normalized spacial score (nSPS) is 21.1. The molecule has 2 aliphatic rings. The van der Waals surface area contributed by atoms with Gasteiger partial charge in [0.2, 0.25) is 9.84 Å². The lowest BCUT2D eigenvalue weighted by Crippen LogP contribution is -2.40. The first kappa shape index (κ1) is 24.4. The molecule has 184 valence electrons. The Balaban J connectivity index is 1.74. The molecule has 34 heavy (non-hydrogen) atoms. The van der Waals surface area contributed by atoms with Crippen LogP contribution in [0.1, 0.15) is 50.4 Å². The van der Waals surface area contributed by atoms with Gasteiger partial charge in [-0.15, -0.1) is 0 Å². The van der Waals surface area contributed by atoms with Crippen molar-refractivity contribution >= 4 is 27.4 Å². The summed E-state index contributed by atoms with van der Waals surface area (Å²) in [5, 5.41) is -0.118. The van der Waals surface area contributed by atoms with Crippen molar-refractivity contribution in [2.45, 2.75) is 61.6 Å². The largest absolute Gasteiger partial charge is 0.381 e. The van der Waals surface area contributed by atoms with Gasteiger partial charge in [-0.1, -0.05) is 13.0 Å². The van der Waals surface area contributed by atoms with Gasteiger partial charge >= 0.3 is 0 Å². The van der Waals surface area contributed by atoms with Crippen molar-refractivity contribution in [2.24, 2.45) is 11.7 Å². The molecule has 2 aromatic heterocycles. The van der Waals surface area contributed by atoms with Gasteiger partial charge in [-0.25, -0.2) is 18.4 Å². The van der Waals surface area contributed by atoms with Crippen LogP contribution in [-0.2, 0) is 14.6 Å². The summed E-state index contributed by atoms with van der Waals surface area (Å²) in [5.74, 6) is 0.439. The van der Waals surface area contributed by atoms with Gasteiger partial charge in [0.25, 0.3) is 5.91 Å². The molecule has 4 heterocycles. The fourth-order valence-electron chi connectivity index (χ4n) is 5.22. The molecule has 9 nitrogen and oxygen atoms in total. The topological polar surface area (TPSA) is 119 Å². The molecule has 2 aliphatic heterocycles. The maximum absolute atomic E-state index is 13.7. The summed E-state index contributed by atoms with van der Waals surface area (Å²) >= 11 is 0. The maximum Gasteiger partial charge on any atom is 0.253 e. The zero-order valence-corrected chi connectivity index (χ0v) is 21.0. The second-order valence-electron chi connectivity index (χ2n) is 9.86. The molecule has 1 unspecified atom stereocenters. The zero-order chi connectivity index (χ0) is 24.7. The number of amides is 1. The van der Waals surface area contributed by atoms with Crippen LogP contribution in [0.25, 0.3) is 0 Å². The van der Waals surface area contributed by atoms with Crippen LogP contribution in [0.15, 0.2) is 40.4 Å². The molecule has 0 bridgehead atoms. The van der Waals surface area contributed by atoms with Crippen molar-refractivity contribution in [3.8, 4) is 0 Å². The Bertz CT molecular complexity index is 1180. The SMILES string of the molecule is COC1CCN(c2cccc(S(=O)(=O)c3ccnc(N4CC(C)CC4(C)C)c3C(N)=O)n2)CC1. The summed E-state index contributed by atoms with van der Waals surface area (Å²) in [6.45, 7) is 8.35. The molecule has 2 N–H and O–H groups in total. The number of hydrogen-bond donors (Lipinski definition) is 1. The number of hydrogen-bond acceptors (Lipinski definition) is 8. The number of methoxy groups -OCH3 is 1. The van der Waals surface area contributed by atoms with Crippen LogP contribution in [0.4, 0.5) is 11.6 Å². The minimum absolute atomic E-state index is 0.0854. The molecule has 0 aromatic carbocycles. The van der Waals surface area contributed by atoms with Crippen LogP contribution in [0.5, 0.6) is 0 Å². The monoisotopic (exact) mass is 487 g/mol. The predicted octanol–water partition coefficient (Wildman–Crippen LogP) is 2.65. The van der Waals surface area contributed by atoms with E-state index in [1.807, 2.05) is 4.90 Å². The standard InChI is InChI=1S/C24H33N5O4S/c1-16-14-24(2,3)29(15-16)23-21(22(25)30)18(8-11-26-23)34(31,32)20-7-5-6-19(27-20)28-12-9-17(33-4)10-13-28/h5-8,11,16-17H,9-10,12-15H2,1-4H3,(H2,25,30). The highest BCUT2D eigenvalue weighted by molar-refractivity contribution is 7.91. The number of carbonyl (C=O) groups is 1. The third kappa shape index (κ3) is 4.48. The molecule has 0 saturated carbocycles. The number of nitrogens with two attached hydrogens (primary N) is 1. The van der Waals surface area contributed by atoms with Crippen molar-refractivity contribution in [2.75, 3.05) is 36.5 Å². The Morgan fingerprint density at radius 2 is 1.91 bits per heavy atom. The van der Waals surface area contributed by atoms with E-state index in [-0.39, 0.29) is 27.1 Å². The molecular formula is C24H33N5O4S. The molecule has 2 aromatic rings. The lowest BCUT2D eigenvalue weighted by atomic mass is 9.97. The summed E-state index contributed by atoms with van der Waals surface area (Å²) in [6.07, 6.45) is 4.21. The van der Waals surface area contributed by atoms with Gasteiger partial charge in [-0.2, -0.15) is 0 Å². The first-order valence-corrected chi connectivity index (χ1v) is 13.1. The van der Waals surface area contributed by atoms with E-state index in [1.165, 1.54) is 18.3 Å². The number of rotatable bonds is 6. The Morgan fingerprint density at radius 3 is 2.50 bits per heavy atom. The highest BCUT2D eigenvalue weighted by atomic mass is 32.2. The van der Waals surface area contributed by atoms with Crippen LogP contribution in [0.3, 0.4) is 0 Å². The predicted molar refractivity (Wildman–Crippen MR) is 130 cm³/mol. The summed E-state index contributed by atoms with van der Waals surface area (Å²) in [4.78, 5) is 25.3. The van der Waals surface area contributed by atoms with Gasteiger partial charge in [0, 0.05) is 38.5 Å². The summed E-state index contributed by atoms with van der Waals surface area (Å²) < 4.78 is 32.9. The van der Waals surface area contributed by atoms with E-state index in [0.717, 1.165) is 32.4 Å². The van der Waals surface area contributed by atoms with Crippen LogP contribution in [0, 0.1) is 5.92 Å². The molecule has 1 amide bonds. The molecule has 2 saturated heterocycles. The number of carbonyl (C=O) groups excluding carboxylic acids is 1. The molecule has 10 heteroatoms. The van der Waals surface area contributed by atoms with Gasteiger partial charge in [0.05, 0.1) is 11.0 Å². The number of primary amides is 1. The number of piperidine rings is 1. The number of ether oxygens (including phenoxy) is 1. The van der Waals surface area contributed by atoms with Crippen molar-refractivity contribution < 1.29 is 17.9 Å². The van der Waals surface area contributed by atoms with Gasteiger partial charge in [-0.3, -0.25) is 4.79 Å². The molecule has 1 atom stereocenters. The number of anilines is 2. The third-order valence-electron chi connectivity index (χ3n) is 6.84. The van der Waals surface area contributed by atoms with Crippen LogP contribution < -0.4 is 15.5 Å². The molecule has 0 aliphatic carbocycles. The average molecular weight is 488 g/mol.